The SMILES string of the molecule is CC(C)[CH2][Zr]([F])[F]. The molecule has 0 aromatic rings. The van der Waals surface area contributed by atoms with E-state index in [1.54, 1.807) is 0 Å². The molecule has 0 aromatic carbocycles. The molecule has 0 aliphatic carbocycles. The molecule has 0 saturated carbocycles. The third kappa shape index (κ3) is 6.74. The minimum atomic E-state index is -3.69. The van der Waals surface area contributed by atoms with Crippen LogP contribution in [0.2, 0.25) is 4.13 Å². The fourth-order valence-electron chi connectivity index (χ4n) is 0.309. The zero-order valence-corrected chi connectivity index (χ0v) is 7.00. The van der Waals surface area contributed by atoms with Crippen molar-refractivity contribution < 1.29 is 28.2 Å². The van der Waals surface area contributed by atoms with Gasteiger partial charge in [-0.1, -0.05) is 0 Å². The Kier molecular flexibility index (Phi) is 4.10. The maximum atomic E-state index is 11.5. The van der Waals surface area contributed by atoms with Crippen molar-refractivity contribution in [2.75, 3.05) is 0 Å². The second-order valence-electron chi connectivity index (χ2n) is 1.94. The average molecular weight is 186 g/mol. The molecule has 0 rings (SSSR count). The summed E-state index contributed by atoms with van der Waals surface area (Å²) in [6.45, 7) is 3.67. The second kappa shape index (κ2) is 3.71. The van der Waals surface area contributed by atoms with E-state index in [1.165, 1.54) is 0 Å². The van der Waals surface area contributed by atoms with Crippen LogP contribution in [-0.4, -0.2) is 0 Å². The Bertz CT molecular complexity index is 39.0. The zero-order chi connectivity index (χ0) is 5.86. The molecule has 0 aliphatic rings. The quantitative estimate of drug-likeness (QED) is 0.621. The van der Waals surface area contributed by atoms with Crippen molar-refractivity contribution in [1.29, 1.82) is 0 Å². The molecular formula is C4H9F2Zr. The average Bonchev–Trinajstić information content (AvgIpc) is 1.27. The molecule has 7 heavy (non-hydrogen) atoms. The van der Waals surface area contributed by atoms with Crippen LogP contribution in [0.5, 0.6) is 0 Å². The van der Waals surface area contributed by atoms with E-state index in [0.717, 1.165) is 0 Å². The summed E-state index contributed by atoms with van der Waals surface area (Å²) in [6.07, 6.45) is 0. The van der Waals surface area contributed by atoms with E-state index < -0.39 is 23.0 Å². The van der Waals surface area contributed by atoms with Gasteiger partial charge in [0.05, 0.1) is 0 Å². The Morgan fingerprint density at radius 3 is 1.86 bits per heavy atom. The van der Waals surface area contributed by atoms with Gasteiger partial charge in [0.2, 0.25) is 0 Å². The predicted molar refractivity (Wildman–Crippen MR) is 21.9 cm³/mol. The van der Waals surface area contributed by atoms with Gasteiger partial charge in [0, 0.05) is 0 Å². The fraction of sp³-hybridized carbons (Fsp3) is 1.00. The molecule has 43 valence electrons. The molecule has 0 N–H and O–H groups in total. The van der Waals surface area contributed by atoms with Crippen molar-refractivity contribution in [3.8, 4) is 0 Å². The van der Waals surface area contributed by atoms with Crippen LogP contribution >= 0.6 is 0 Å². The Hall–Kier alpha value is 0.743. The van der Waals surface area contributed by atoms with Crippen molar-refractivity contribution >= 4 is 0 Å². The van der Waals surface area contributed by atoms with Crippen LogP contribution in [0.25, 0.3) is 0 Å². The fourth-order valence-corrected chi connectivity index (χ4v) is 1.83. The summed E-state index contributed by atoms with van der Waals surface area (Å²) >= 11 is -3.69. The third-order valence-corrected chi connectivity index (χ3v) is 3.33. The predicted octanol–water partition coefficient (Wildman–Crippen LogP) is 2.45. The summed E-state index contributed by atoms with van der Waals surface area (Å²) in [7, 11) is 0. The standard InChI is InChI=1S/C4H9.2FH.Zr/c1-4(2)3;;;/h4H,1H2,2-3H3;2*1H;/q;;;+2/p-2. The van der Waals surface area contributed by atoms with Crippen LogP contribution in [0.15, 0.2) is 0 Å². The summed E-state index contributed by atoms with van der Waals surface area (Å²) in [4.78, 5) is 0. The number of rotatable bonds is 2. The summed E-state index contributed by atoms with van der Waals surface area (Å²) in [5.41, 5.74) is 0. The Balaban J connectivity index is 2.95. The van der Waals surface area contributed by atoms with E-state index in [-0.39, 0.29) is 10.0 Å². The van der Waals surface area contributed by atoms with Gasteiger partial charge in [-0.05, 0) is 0 Å². The Labute approximate surface area is 52.4 Å². The first-order chi connectivity index (χ1) is 3.13. The molecule has 0 amide bonds. The van der Waals surface area contributed by atoms with E-state index in [1.807, 2.05) is 13.8 Å². The van der Waals surface area contributed by atoms with E-state index in [2.05, 4.69) is 0 Å². The molecule has 0 heterocycles. The van der Waals surface area contributed by atoms with Gasteiger partial charge in [0.15, 0.2) is 0 Å². The first-order valence-electron chi connectivity index (χ1n) is 2.29. The topological polar surface area (TPSA) is 0 Å². The van der Waals surface area contributed by atoms with Crippen LogP contribution in [0.3, 0.4) is 0 Å². The molecule has 0 aromatic heterocycles. The van der Waals surface area contributed by atoms with Crippen LogP contribution in [0.4, 0.5) is 5.25 Å². The molecule has 0 atom stereocenters. The second-order valence-corrected chi connectivity index (χ2v) is 4.61. The summed E-state index contributed by atoms with van der Waals surface area (Å²) < 4.78 is 23.2. The molecule has 0 aliphatic heterocycles. The minimum absolute atomic E-state index is 0.212. The summed E-state index contributed by atoms with van der Waals surface area (Å²) in [6, 6.07) is 0. The van der Waals surface area contributed by atoms with Crippen molar-refractivity contribution in [3.05, 3.63) is 0 Å². The molecular weight excluding hydrogens is 177 g/mol. The molecule has 0 unspecified atom stereocenters. The van der Waals surface area contributed by atoms with Crippen molar-refractivity contribution in [2.24, 2.45) is 5.92 Å². The van der Waals surface area contributed by atoms with E-state index in [9.17, 15) is 5.25 Å². The van der Waals surface area contributed by atoms with Gasteiger partial charge in [0.1, 0.15) is 0 Å². The van der Waals surface area contributed by atoms with Gasteiger partial charge in [0.25, 0.3) is 0 Å². The first-order valence-corrected chi connectivity index (χ1v) is 5.89. The Morgan fingerprint density at radius 2 is 1.86 bits per heavy atom. The normalized spacial score (nSPS) is 9.86. The maximum absolute atomic E-state index is 11.5. The van der Waals surface area contributed by atoms with Gasteiger partial charge in [-0.2, -0.15) is 0 Å². The summed E-state index contributed by atoms with van der Waals surface area (Å²) in [5.74, 6) is 0.212. The van der Waals surface area contributed by atoms with Crippen LogP contribution < -0.4 is 0 Å². The monoisotopic (exact) mass is 185 g/mol. The van der Waals surface area contributed by atoms with E-state index >= 15 is 0 Å². The van der Waals surface area contributed by atoms with Gasteiger partial charge >= 0.3 is 52.1 Å². The van der Waals surface area contributed by atoms with Crippen LogP contribution in [0, 0.1) is 5.92 Å². The van der Waals surface area contributed by atoms with Crippen molar-refractivity contribution in [3.63, 3.8) is 0 Å². The first kappa shape index (κ1) is 7.74. The molecule has 0 bridgehead atoms. The number of hydrogen-bond donors (Lipinski definition) is 0. The van der Waals surface area contributed by atoms with Gasteiger partial charge in [-0.25, -0.2) is 0 Å². The molecule has 0 spiro atoms. The summed E-state index contributed by atoms with van der Waals surface area (Å²) in [5, 5.41) is 0. The number of hydrogen-bond acceptors (Lipinski definition) is 0. The zero-order valence-electron chi connectivity index (χ0n) is 4.54. The van der Waals surface area contributed by atoms with E-state index in [0.29, 0.717) is 0 Å². The molecule has 0 saturated heterocycles. The van der Waals surface area contributed by atoms with Crippen molar-refractivity contribution in [2.45, 2.75) is 18.0 Å². The molecule has 3 heteroatoms. The van der Waals surface area contributed by atoms with Crippen molar-refractivity contribution in [1.82, 2.24) is 0 Å². The van der Waals surface area contributed by atoms with E-state index in [4.69, 9.17) is 0 Å². The number of halogens is 2. The van der Waals surface area contributed by atoms with Gasteiger partial charge in [-0.15, -0.1) is 0 Å². The Morgan fingerprint density at radius 1 is 1.43 bits per heavy atom. The molecule has 0 fully saturated rings. The van der Waals surface area contributed by atoms with Gasteiger partial charge < -0.3 is 0 Å². The molecule has 0 radical (unpaired) electrons. The molecule has 0 nitrogen and oxygen atoms in total. The third-order valence-electron chi connectivity index (χ3n) is 0.563. The van der Waals surface area contributed by atoms with Crippen LogP contribution in [0.1, 0.15) is 13.8 Å². The van der Waals surface area contributed by atoms with Crippen LogP contribution in [-0.2, 0) is 23.0 Å². The van der Waals surface area contributed by atoms with Gasteiger partial charge in [-0.3, -0.25) is 0 Å².